The monoisotopic (exact) mass is 847 g/mol. The van der Waals surface area contributed by atoms with Crippen LogP contribution in [0, 0.1) is 31.4 Å². The fourth-order valence-electron chi connectivity index (χ4n) is 6.14. The van der Waals surface area contributed by atoms with E-state index >= 15 is 0 Å². The van der Waals surface area contributed by atoms with Crippen molar-refractivity contribution in [2.75, 3.05) is 68.6 Å². The van der Waals surface area contributed by atoms with Crippen molar-refractivity contribution in [1.82, 2.24) is 20.9 Å². The number of rotatable bonds is 5. The van der Waals surface area contributed by atoms with E-state index in [2.05, 4.69) is 26.6 Å². The first kappa shape index (κ1) is 51.2. The van der Waals surface area contributed by atoms with Crippen LogP contribution >= 0.6 is 23.2 Å². The SMILES string of the molecule is C.C1CCOCC1.Cc1ccc(NC(=O)NC2CCN(C(=O)C3CCCOC3)CC2)cc1F.Cc1ccc(NC(=O)NC2CCNCC2)cc1F.ClCCl.O=C=O.[2HH]. The summed E-state index contributed by atoms with van der Waals surface area (Å²) in [6, 6.07) is 8.87. The Bertz CT molecular complexity index is 1490. The average Bonchev–Trinajstić information content (AvgIpc) is 3.20. The lowest BCUT2D eigenvalue weighted by molar-refractivity contribution is -0.191. The van der Waals surface area contributed by atoms with E-state index in [4.69, 9.17) is 42.3 Å². The lowest BCUT2D eigenvalue weighted by Crippen LogP contribution is -2.49. The van der Waals surface area contributed by atoms with E-state index in [1.165, 1.54) is 31.4 Å². The zero-order valence-electron chi connectivity index (χ0n) is 32.2. The number of ether oxygens (including phenoxy) is 2. The largest absolute Gasteiger partial charge is 0.381 e. The Hall–Kier alpha value is -3.85. The standard InChI is InChI=1S/C19H26FN3O3.C13H18FN3O.C5H10O.CH2Cl2.CO2.CH4.H2/c1-13-4-5-16(11-17(13)20)22-19(25)21-15-6-8-23(9-7-15)18(24)14-3-2-10-26-12-14;1-9-2-3-11(8-12(9)14)17-13(18)16-10-4-6-15-7-5-10;1-2-4-6-5-3-1;2*2-1-3;;/h4-5,11,14-15H,2-3,6-10,12H2,1H3,(H2,21,22,25);2-3,8,10,15H,4-7H2,1H3,(H2,16,17,18);1-5H2;1H2;;1H4;1H/i;;;;;;1+1. The van der Waals surface area contributed by atoms with Gasteiger partial charge in [0, 0.05) is 57.8 Å². The van der Waals surface area contributed by atoms with Crippen molar-refractivity contribution in [3.63, 3.8) is 0 Å². The molecule has 1 atom stereocenters. The van der Waals surface area contributed by atoms with Crippen molar-refractivity contribution < 1.29 is 43.7 Å². The van der Waals surface area contributed by atoms with Crippen LogP contribution in [0.15, 0.2) is 36.4 Å². The fourth-order valence-corrected chi connectivity index (χ4v) is 6.14. The smallest absolute Gasteiger partial charge is 0.373 e. The molecule has 322 valence electrons. The topological polar surface area (TPSA) is 167 Å². The van der Waals surface area contributed by atoms with Crippen LogP contribution < -0.4 is 26.6 Å². The van der Waals surface area contributed by atoms with Crippen molar-refractivity contribution in [3.05, 3.63) is 59.2 Å². The second-order valence-electron chi connectivity index (χ2n) is 13.5. The van der Waals surface area contributed by atoms with Gasteiger partial charge >= 0.3 is 18.2 Å². The lowest BCUT2D eigenvalue weighted by atomic mass is 9.98. The van der Waals surface area contributed by atoms with Crippen LogP contribution in [-0.4, -0.2) is 99.1 Å². The number of anilines is 2. The molecule has 6 rings (SSSR count). The molecular formula is C40H62Cl2F2N6O7. The van der Waals surface area contributed by atoms with Gasteiger partial charge < -0.3 is 41.0 Å². The molecule has 4 saturated heterocycles. The molecule has 0 aliphatic carbocycles. The van der Waals surface area contributed by atoms with Crippen LogP contribution in [0.1, 0.15) is 77.8 Å². The minimum absolute atomic E-state index is 0. The molecule has 2 aromatic rings. The number of alkyl halides is 2. The van der Waals surface area contributed by atoms with E-state index in [1.807, 2.05) is 4.90 Å². The molecular weight excluding hydrogens is 785 g/mol. The summed E-state index contributed by atoms with van der Waals surface area (Å²) in [6.07, 6.45) is 9.30. The van der Waals surface area contributed by atoms with Gasteiger partial charge in [-0.1, -0.05) is 19.6 Å². The summed E-state index contributed by atoms with van der Waals surface area (Å²) in [7, 11) is 0. The molecule has 4 fully saturated rings. The third-order valence-corrected chi connectivity index (χ3v) is 9.26. The van der Waals surface area contributed by atoms with Gasteiger partial charge in [0.15, 0.2) is 0 Å². The van der Waals surface area contributed by atoms with E-state index in [1.54, 1.807) is 38.1 Å². The molecule has 0 bridgehead atoms. The van der Waals surface area contributed by atoms with Crippen molar-refractivity contribution in [1.29, 1.82) is 0 Å². The molecule has 5 N–H and O–H groups in total. The maximum atomic E-state index is 13.5. The molecule has 4 aliphatic rings. The molecule has 13 nitrogen and oxygen atoms in total. The molecule has 0 radical (unpaired) electrons. The average molecular weight is 849 g/mol. The number of hydrogen-bond acceptors (Lipinski definition) is 8. The van der Waals surface area contributed by atoms with Gasteiger partial charge in [-0.05, 0) is 120 Å². The van der Waals surface area contributed by atoms with Gasteiger partial charge in [-0.15, -0.1) is 23.2 Å². The number of nitrogens with zero attached hydrogens (tertiary/aromatic N) is 1. The number of carbonyl (C=O) groups is 3. The van der Waals surface area contributed by atoms with Crippen LogP contribution in [-0.2, 0) is 23.9 Å². The Morgan fingerprint density at radius 2 is 1.23 bits per heavy atom. The van der Waals surface area contributed by atoms with E-state index in [0.717, 1.165) is 71.4 Å². The van der Waals surface area contributed by atoms with Crippen LogP contribution in [0.2, 0.25) is 0 Å². The number of benzene rings is 2. The Morgan fingerprint density at radius 1 is 0.772 bits per heavy atom. The van der Waals surface area contributed by atoms with Gasteiger partial charge in [0.2, 0.25) is 5.91 Å². The van der Waals surface area contributed by atoms with Gasteiger partial charge in [0.05, 0.1) is 17.9 Å². The summed E-state index contributed by atoms with van der Waals surface area (Å²) in [6.45, 7) is 9.75. The minimum atomic E-state index is -0.348. The first-order chi connectivity index (χ1) is 27.0. The lowest BCUT2D eigenvalue weighted by Gasteiger charge is -2.35. The maximum Gasteiger partial charge on any atom is 0.373 e. The molecule has 57 heavy (non-hydrogen) atoms. The molecule has 4 heterocycles. The van der Waals surface area contributed by atoms with E-state index < -0.39 is 0 Å². The number of nitrogens with one attached hydrogen (secondary N) is 5. The maximum absolute atomic E-state index is 13.5. The molecule has 5 amide bonds. The van der Waals surface area contributed by atoms with Crippen LogP contribution in [0.4, 0.5) is 29.7 Å². The first-order valence-corrected chi connectivity index (χ1v) is 20.0. The van der Waals surface area contributed by atoms with Crippen molar-refractivity contribution in [3.8, 4) is 0 Å². The predicted octanol–water partition coefficient (Wildman–Crippen LogP) is 7.59. The molecule has 0 aromatic heterocycles. The number of amides is 5. The number of halogens is 4. The summed E-state index contributed by atoms with van der Waals surface area (Å²) in [5, 5.41) is 14.5. The summed E-state index contributed by atoms with van der Waals surface area (Å²) in [5.41, 5.74) is 2.01. The van der Waals surface area contributed by atoms with Gasteiger partial charge in [-0.3, -0.25) is 4.79 Å². The molecule has 0 saturated carbocycles. The Labute approximate surface area is 347 Å². The fraction of sp³-hybridized carbons (Fsp3) is 0.600. The number of piperidine rings is 2. The number of urea groups is 2. The second-order valence-corrected chi connectivity index (χ2v) is 14.3. The number of hydrogen-bond donors (Lipinski definition) is 5. The van der Waals surface area contributed by atoms with Crippen LogP contribution in [0.25, 0.3) is 0 Å². The Kier molecular flexibility index (Phi) is 27.2. The van der Waals surface area contributed by atoms with Crippen LogP contribution in [0.5, 0.6) is 0 Å². The zero-order chi connectivity index (χ0) is 41.1. The zero-order valence-corrected chi connectivity index (χ0v) is 33.8. The predicted molar refractivity (Wildman–Crippen MR) is 221 cm³/mol. The van der Waals surface area contributed by atoms with Crippen molar-refractivity contribution >= 4 is 58.7 Å². The molecule has 0 spiro atoms. The summed E-state index contributed by atoms with van der Waals surface area (Å²) >= 11 is 9.53. The Morgan fingerprint density at radius 3 is 1.61 bits per heavy atom. The van der Waals surface area contributed by atoms with Gasteiger partial charge in [-0.2, -0.15) is 9.59 Å². The Balaban J connectivity index is 0.000000877. The highest BCUT2D eigenvalue weighted by atomic mass is 35.5. The quantitative estimate of drug-likeness (QED) is 0.192. The summed E-state index contributed by atoms with van der Waals surface area (Å²) < 4.78 is 37.3. The second kappa shape index (κ2) is 30.3. The van der Waals surface area contributed by atoms with Crippen molar-refractivity contribution in [2.45, 2.75) is 91.1 Å². The number of aryl methyl sites for hydroxylation is 2. The molecule has 4 aliphatic heterocycles. The van der Waals surface area contributed by atoms with E-state index in [-0.39, 0.29) is 67.9 Å². The molecule has 17 heteroatoms. The minimum Gasteiger partial charge on any atom is -0.381 e. The summed E-state index contributed by atoms with van der Waals surface area (Å²) in [4.78, 5) is 54.4. The highest BCUT2D eigenvalue weighted by Crippen LogP contribution is 2.20. The van der Waals surface area contributed by atoms with E-state index in [9.17, 15) is 23.2 Å². The van der Waals surface area contributed by atoms with E-state index in [0.29, 0.717) is 42.2 Å². The normalized spacial score (nSPS) is 17.9. The highest BCUT2D eigenvalue weighted by molar-refractivity contribution is 6.40. The number of carbonyl (C=O) groups excluding carboxylic acids is 5. The van der Waals surface area contributed by atoms with Gasteiger partial charge in [0.25, 0.3) is 0 Å². The van der Waals surface area contributed by atoms with Gasteiger partial charge in [0.1, 0.15) is 11.6 Å². The third-order valence-electron chi connectivity index (χ3n) is 9.26. The van der Waals surface area contributed by atoms with Crippen LogP contribution in [0.3, 0.4) is 0 Å². The number of likely N-dealkylation sites (tertiary alicyclic amines) is 1. The van der Waals surface area contributed by atoms with Gasteiger partial charge in [-0.25, -0.2) is 18.4 Å². The highest BCUT2D eigenvalue weighted by Gasteiger charge is 2.30. The molecule has 1 unspecified atom stereocenters. The third kappa shape index (κ3) is 21.5. The first-order valence-electron chi connectivity index (χ1n) is 18.9. The molecule has 2 aromatic carbocycles. The summed E-state index contributed by atoms with van der Waals surface area (Å²) in [5.74, 6) is -0.508. The van der Waals surface area contributed by atoms with Crippen molar-refractivity contribution in [2.24, 2.45) is 5.92 Å².